The number of piperazine rings is 1. The second-order valence-electron chi connectivity index (χ2n) is 6.19. The number of halogens is 1. The summed E-state index contributed by atoms with van der Waals surface area (Å²) in [5, 5.41) is 3.72. The Morgan fingerprint density at radius 1 is 1.08 bits per heavy atom. The molecule has 2 aromatic carbocycles. The lowest BCUT2D eigenvalue weighted by molar-refractivity contribution is -0.117. The number of para-hydroxylation sites is 3. The number of hydrogen-bond donors (Lipinski definition) is 1. The second-order valence-corrected chi connectivity index (χ2v) is 6.60. The van der Waals surface area contributed by atoms with E-state index in [9.17, 15) is 4.79 Å². The Morgan fingerprint density at radius 2 is 1.77 bits per heavy atom. The van der Waals surface area contributed by atoms with Crippen LogP contribution < -0.4 is 15.0 Å². The zero-order valence-electron chi connectivity index (χ0n) is 15.0. The molecule has 5 nitrogen and oxygen atoms in total. The van der Waals surface area contributed by atoms with E-state index in [4.69, 9.17) is 16.3 Å². The van der Waals surface area contributed by atoms with E-state index in [-0.39, 0.29) is 5.91 Å². The van der Waals surface area contributed by atoms with Crippen LogP contribution in [0.25, 0.3) is 0 Å². The first-order chi connectivity index (χ1) is 12.7. The van der Waals surface area contributed by atoms with Crippen LogP contribution in [0.1, 0.15) is 6.92 Å². The van der Waals surface area contributed by atoms with Gasteiger partial charge in [0, 0.05) is 26.2 Å². The number of carbonyl (C=O) groups is 1. The van der Waals surface area contributed by atoms with Crippen molar-refractivity contribution in [2.75, 3.05) is 49.5 Å². The highest BCUT2D eigenvalue weighted by molar-refractivity contribution is 6.33. The molecule has 0 radical (unpaired) electrons. The topological polar surface area (TPSA) is 44.8 Å². The minimum absolute atomic E-state index is 0.0247. The SMILES string of the molecule is CCOc1ccccc1NC(=O)CN1CCN(c2ccccc2Cl)CC1. The van der Waals surface area contributed by atoms with Gasteiger partial charge in [-0.05, 0) is 31.2 Å². The number of amides is 1. The lowest BCUT2D eigenvalue weighted by atomic mass is 10.2. The fourth-order valence-electron chi connectivity index (χ4n) is 3.10. The monoisotopic (exact) mass is 373 g/mol. The molecule has 26 heavy (non-hydrogen) atoms. The molecule has 1 saturated heterocycles. The van der Waals surface area contributed by atoms with Crippen LogP contribution >= 0.6 is 11.6 Å². The van der Waals surface area contributed by atoms with Gasteiger partial charge in [0.1, 0.15) is 5.75 Å². The zero-order chi connectivity index (χ0) is 18.4. The molecule has 1 fully saturated rings. The van der Waals surface area contributed by atoms with E-state index in [2.05, 4.69) is 15.1 Å². The summed E-state index contributed by atoms with van der Waals surface area (Å²) >= 11 is 6.28. The van der Waals surface area contributed by atoms with Crippen LogP contribution in [0.5, 0.6) is 5.75 Å². The molecule has 0 saturated carbocycles. The van der Waals surface area contributed by atoms with Crippen molar-refractivity contribution >= 4 is 28.9 Å². The predicted octanol–water partition coefficient (Wildman–Crippen LogP) is 3.50. The normalized spacial score (nSPS) is 14.9. The van der Waals surface area contributed by atoms with Gasteiger partial charge in [-0.1, -0.05) is 35.9 Å². The van der Waals surface area contributed by atoms with E-state index in [0.29, 0.717) is 24.6 Å². The summed E-state index contributed by atoms with van der Waals surface area (Å²) in [5.74, 6) is 0.676. The van der Waals surface area contributed by atoms with Crippen LogP contribution in [-0.4, -0.2) is 50.1 Å². The molecule has 0 bridgehead atoms. The molecule has 1 aliphatic rings. The quantitative estimate of drug-likeness (QED) is 0.841. The van der Waals surface area contributed by atoms with Crippen LogP contribution in [0.15, 0.2) is 48.5 Å². The maximum Gasteiger partial charge on any atom is 0.238 e. The molecule has 0 unspecified atom stereocenters. The van der Waals surface area contributed by atoms with Crippen LogP contribution in [-0.2, 0) is 4.79 Å². The third kappa shape index (κ3) is 4.68. The van der Waals surface area contributed by atoms with Gasteiger partial charge in [0.05, 0.1) is 29.5 Å². The summed E-state index contributed by atoms with van der Waals surface area (Å²) in [6.45, 7) is 6.22. The Labute approximate surface area is 159 Å². The molecule has 1 aliphatic heterocycles. The molecule has 1 amide bonds. The van der Waals surface area contributed by atoms with Gasteiger partial charge in [-0.25, -0.2) is 0 Å². The van der Waals surface area contributed by atoms with E-state index in [1.54, 1.807) is 0 Å². The molecule has 0 aliphatic carbocycles. The summed E-state index contributed by atoms with van der Waals surface area (Å²) in [6.07, 6.45) is 0. The number of carbonyl (C=O) groups excluding carboxylic acids is 1. The van der Waals surface area contributed by atoms with E-state index in [1.807, 2.05) is 55.5 Å². The number of nitrogens with one attached hydrogen (secondary N) is 1. The molecule has 138 valence electrons. The van der Waals surface area contributed by atoms with Gasteiger partial charge in [0.25, 0.3) is 0 Å². The third-order valence-electron chi connectivity index (χ3n) is 4.39. The van der Waals surface area contributed by atoms with Gasteiger partial charge in [0.2, 0.25) is 5.91 Å². The van der Waals surface area contributed by atoms with Crippen LogP contribution in [0.2, 0.25) is 5.02 Å². The number of anilines is 2. The minimum atomic E-state index is -0.0247. The molecule has 0 atom stereocenters. The molecule has 1 N–H and O–H groups in total. The fourth-order valence-corrected chi connectivity index (χ4v) is 3.35. The number of nitrogens with zero attached hydrogens (tertiary/aromatic N) is 2. The predicted molar refractivity (Wildman–Crippen MR) is 106 cm³/mol. The van der Waals surface area contributed by atoms with Crippen molar-refractivity contribution in [2.45, 2.75) is 6.92 Å². The lowest BCUT2D eigenvalue weighted by Gasteiger charge is -2.36. The van der Waals surface area contributed by atoms with Crippen LogP contribution in [0.4, 0.5) is 11.4 Å². The molecule has 3 rings (SSSR count). The van der Waals surface area contributed by atoms with Crippen LogP contribution in [0.3, 0.4) is 0 Å². The number of rotatable bonds is 6. The van der Waals surface area contributed by atoms with Crippen molar-refractivity contribution < 1.29 is 9.53 Å². The van der Waals surface area contributed by atoms with E-state index in [1.165, 1.54) is 0 Å². The van der Waals surface area contributed by atoms with Crippen molar-refractivity contribution in [3.8, 4) is 5.75 Å². The van der Waals surface area contributed by atoms with Gasteiger partial charge < -0.3 is 15.0 Å². The number of hydrogen-bond acceptors (Lipinski definition) is 4. The Balaban J connectivity index is 1.52. The average Bonchev–Trinajstić information content (AvgIpc) is 2.65. The molecule has 0 spiro atoms. The highest BCUT2D eigenvalue weighted by atomic mass is 35.5. The standard InChI is InChI=1S/C20H24ClN3O2/c1-2-26-19-10-6-4-8-17(19)22-20(25)15-23-11-13-24(14-12-23)18-9-5-3-7-16(18)21/h3-10H,2,11-15H2,1H3,(H,22,25). The molecule has 2 aromatic rings. The summed E-state index contributed by atoms with van der Waals surface area (Å²) in [6, 6.07) is 15.4. The van der Waals surface area contributed by atoms with Crippen molar-refractivity contribution in [3.63, 3.8) is 0 Å². The highest BCUT2D eigenvalue weighted by Crippen LogP contribution is 2.26. The Hall–Kier alpha value is -2.24. The summed E-state index contributed by atoms with van der Waals surface area (Å²) in [5.41, 5.74) is 1.78. The van der Waals surface area contributed by atoms with E-state index < -0.39 is 0 Å². The molecular weight excluding hydrogens is 350 g/mol. The van der Waals surface area contributed by atoms with Crippen molar-refractivity contribution in [1.29, 1.82) is 0 Å². The maximum atomic E-state index is 12.4. The van der Waals surface area contributed by atoms with Gasteiger partial charge in [0.15, 0.2) is 0 Å². The minimum Gasteiger partial charge on any atom is -0.492 e. The first-order valence-corrected chi connectivity index (χ1v) is 9.28. The summed E-state index contributed by atoms with van der Waals surface area (Å²) in [7, 11) is 0. The van der Waals surface area contributed by atoms with Crippen molar-refractivity contribution in [3.05, 3.63) is 53.6 Å². The molecule has 1 heterocycles. The molecular formula is C20H24ClN3O2. The first kappa shape index (κ1) is 18.5. The van der Waals surface area contributed by atoms with Gasteiger partial charge in [-0.2, -0.15) is 0 Å². The Kier molecular flexibility index (Phi) is 6.36. The molecule has 0 aromatic heterocycles. The number of ether oxygens (including phenoxy) is 1. The van der Waals surface area contributed by atoms with Crippen molar-refractivity contribution in [2.24, 2.45) is 0 Å². The summed E-state index contributed by atoms with van der Waals surface area (Å²) < 4.78 is 5.55. The first-order valence-electron chi connectivity index (χ1n) is 8.91. The van der Waals surface area contributed by atoms with Gasteiger partial charge >= 0.3 is 0 Å². The van der Waals surface area contributed by atoms with Crippen molar-refractivity contribution in [1.82, 2.24) is 4.90 Å². The Bertz CT molecular complexity index is 745. The molecule has 6 heteroatoms. The number of benzene rings is 2. The van der Waals surface area contributed by atoms with Gasteiger partial charge in [-0.3, -0.25) is 9.69 Å². The van der Waals surface area contributed by atoms with Crippen LogP contribution in [0, 0.1) is 0 Å². The van der Waals surface area contributed by atoms with E-state index >= 15 is 0 Å². The van der Waals surface area contributed by atoms with Gasteiger partial charge in [-0.15, -0.1) is 0 Å². The average molecular weight is 374 g/mol. The zero-order valence-corrected chi connectivity index (χ0v) is 15.7. The fraction of sp³-hybridized carbons (Fsp3) is 0.350. The van der Waals surface area contributed by atoms with E-state index in [0.717, 1.165) is 36.9 Å². The second kappa shape index (κ2) is 8.92. The highest BCUT2D eigenvalue weighted by Gasteiger charge is 2.20. The largest absolute Gasteiger partial charge is 0.492 e. The maximum absolute atomic E-state index is 12.4. The third-order valence-corrected chi connectivity index (χ3v) is 4.71. The smallest absolute Gasteiger partial charge is 0.238 e. The summed E-state index contributed by atoms with van der Waals surface area (Å²) in [4.78, 5) is 16.8. The Morgan fingerprint density at radius 3 is 2.50 bits per heavy atom. The lowest BCUT2D eigenvalue weighted by Crippen LogP contribution is -2.48.